The van der Waals surface area contributed by atoms with Gasteiger partial charge >= 0.3 is 6.18 Å². The van der Waals surface area contributed by atoms with E-state index in [9.17, 15) is 23.4 Å². The normalized spacial score (nSPS) is 26.4. The summed E-state index contributed by atoms with van der Waals surface area (Å²) in [5, 5.41) is 22.1. The standard InChI is InChI=1S/C11H14F3N3O3.2C2H6/c1-5-9(18)10(19)6(4-20-5)16-8-3-15-2-7(17-8)11(12,13)14;2*1-2/h2-3,5-6,9-10,18-19H,4H2,1H3,(H,16,17);2*1-2H3. The summed E-state index contributed by atoms with van der Waals surface area (Å²) < 4.78 is 42.7. The Labute approximate surface area is 140 Å². The van der Waals surface area contributed by atoms with Gasteiger partial charge in [-0.2, -0.15) is 13.2 Å². The fourth-order valence-corrected chi connectivity index (χ4v) is 1.86. The van der Waals surface area contributed by atoms with E-state index < -0.39 is 36.2 Å². The first kappa shape index (κ1) is 22.6. The van der Waals surface area contributed by atoms with Crippen molar-refractivity contribution >= 4 is 5.82 Å². The Morgan fingerprint density at radius 1 is 1.12 bits per heavy atom. The summed E-state index contributed by atoms with van der Waals surface area (Å²) in [6.07, 6.45) is -5.73. The van der Waals surface area contributed by atoms with Gasteiger partial charge in [0.1, 0.15) is 18.0 Å². The Morgan fingerprint density at radius 2 is 1.71 bits per heavy atom. The lowest BCUT2D eigenvalue weighted by Crippen LogP contribution is -2.54. The zero-order chi connectivity index (χ0) is 18.9. The highest BCUT2D eigenvalue weighted by Crippen LogP contribution is 2.28. The van der Waals surface area contributed by atoms with Crippen molar-refractivity contribution in [3.8, 4) is 0 Å². The summed E-state index contributed by atoms with van der Waals surface area (Å²) in [5.74, 6) is -0.144. The molecule has 0 amide bonds. The van der Waals surface area contributed by atoms with Crippen LogP contribution in [0.4, 0.5) is 19.0 Å². The molecule has 9 heteroatoms. The number of hydrogen-bond donors (Lipinski definition) is 3. The highest BCUT2D eigenvalue weighted by molar-refractivity contribution is 5.34. The maximum Gasteiger partial charge on any atom is 0.434 e. The summed E-state index contributed by atoms with van der Waals surface area (Å²) in [6, 6.07) is -0.765. The summed E-state index contributed by atoms with van der Waals surface area (Å²) >= 11 is 0. The number of aliphatic hydroxyl groups is 2. The van der Waals surface area contributed by atoms with Crippen molar-refractivity contribution in [2.75, 3.05) is 11.9 Å². The van der Waals surface area contributed by atoms with E-state index in [0.29, 0.717) is 6.20 Å². The quantitative estimate of drug-likeness (QED) is 0.757. The van der Waals surface area contributed by atoms with E-state index in [-0.39, 0.29) is 12.4 Å². The van der Waals surface area contributed by atoms with E-state index in [1.165, 1.54) is 0 Å². The first-order chi connectivity index (χ1) is 11.3. The Kier molecular flexibility index (Phi) is 9.79. The number of aliphatic hydroxyl groups excluding tert-OH is 2. The summed E-state index contributed by atoms with van der Waals surface area (Å²) in [4.78, 5) is 6.82. The molecule has 1 aliphatic heterocycles. The Morgan fingerprint density at radius 3 is 2.25 bits per heavy atom. The number of nitrogens with one attached hydrogen (secondary N) is 1. The van der Waals surface area contributed by atoms with Gasteiger partial charge < -0.3 is 20.3 Å². The van der Waals surface area contributed by atoms with Crippen molar-refractivity contribution in [3.05, 3.63) is 18.1 Å². The second-order valence-electron chi connectivity index (χ2n) is 4.56. The Balaban J connectivity index is 0.00000123. The largest absolute Gasteiger partial charge is 0.434 e. The van der Waals surface area contributed by atoms with E-state index in [2.05, 4.69) is 15.3 Å². The number of alkyl halides is 3. The molecule has 1 aromatic heterocycles. The van der Waals surface area contributed by atoms with Crippen molar-refractivity contribution in [1.29, 1.82) is 0 Å². The molecule has 0 spiro atoms. The number of hydrogen-bond acceptors (Lipinski definition) is 6. The smallest absolute Gasteiger partial charge is 0.388 e. The summed E-state index contributed by atoms with van der Waals surface area (Å²) in [7, 11) is 0. The number of anilines is 1. The van der Waals surface area contributed by atoms with Crippen LogP contribution in [-0.4, -0.2) is 51.1 Å². The van der Waals surface area contributed by atoms with Gasteiger partial charge in [0, 0.05) is 0 Å². The highest BCUT2D eigenvalue weighted by Gasteiger charge is 2.37. The molecule has 0 aliphatic carbocycles. The Hall–Kier alpha value is -1.45. The predicted molar refractivity (Wildman–Crippen MR) is 84.6 cm³/mol. The minimum atomic E-state index is -4.60. The molecular weight excluding hydrogens is 327 g/mol. The molecule has 1 saturated heterocycles. The van der Waals surface area contributed by atoms with Crippen LogP contribution in [0.3, 0.4) is 0 Å². The van der Waals surface area contributed by atoms with Crippen molar-refractivity contribution in [2.45, 2.75) is 65.1 Å². The van der Waals surface area contributed by atoms with Gasteiger partial charge in [0.2, 0.25) is 0 Å². The van der Waals surface area contributed by atoms with Crippen molar-refractivity contribution in [1.82, 2.24) is 9.97 Å². The maximum absolute atomic E-state index is 12.5. The molecule has 0 aromatic carbocycles. The lowest BCUT2D eigenvalue weighted by Gasteiger charge is -2.36. The van der Waals surface area contributed by atoms with Crippen LogP contribution < -0.4 is 5.32 Å². The molecule has 24 heavy (non-hydrogen) atoms. The fraction of sp³-hybridized carbons (Fsp3) is 0.733. The van der Waals surface area contributed by atoms with Crippen LogP contribution in [-0.2, 0) is 10.9 Å². The first-order valence-corrected chi connectivity index (χ1v) is 7.92. The van der Waals surface area contributed by atoms with Gasteiger partial charge in [0.25, 0.3) is 0 Å². The molecule has 1 aliphatic rings. The van der Waals surface area contributed by atoms with Crippen LogP contribution >= 0.6 is 0 Å². The second-order valence-corrected chi connectivity index (χ2v) is 4.56. The zero-order valence-corrected chi connectivity index (χ0v) is 14.5. The minimum Gasteiger partial charge on any atom is -0.388 e. The van der Waals surface area contributed by atoms with Gasteiger partial charge in [-0.1, -0.05) is 27.7 Å². The lowest BCUT2D eigenvalue weighted by molar-refractivity contribution is -0.141. The molecule has 4 unspecified atom stereocenters. The van der Waals surface area contributed by atoms with E-state index in [4.69, 9.17) is 4.74 Å². The van der Waals surface area contributed by atoms with Gasteiger partial charge in [0.15, 0.2) is 5.69 Å². The third-order valence-corrected chi connectivity index (χ3v) is 3.04. The van der Waals surface area contributed by atoms with Crippen molar-refractivity contribution in [3.63, 3.8) is 0 Å². The predicted octanol–water partition coefficient (Wildman–Crippen LogP) is 2.47. The first-order valence-electron chi connectivity index (χ1n) is 7.92. The molecule has 0 bridgehead atoms. The van der Waals surface area contributed by atoms with E-state index in [1.807, 2.05) is 27.7 Å². The highest BCUT2D eigenvalue weighted by atomic mass is 19.4. The van der Waals surface area contributed by atoms with Gasteiger partial charge in [-0.15, -0.1) is 0 Å². The molecule has 6 nitrogen and oxygen atoms in total. The van der Waals surface area contributed by atoms with Crippen LogP contribution in [0.25, 0.3) is 0 Å². The Bertz CT molecular complexity index is 475. The van der Waals surface area contributed by atoms with Crippen LogP contribution in [0.5, 0.6) is 0 Å². The van der Waals surface area contributed by atoms with Gasteiger partial charge in [0.05, 0.1) is 31.1 Å². The van der Waals surface area contributed by atoms with E-state index in [0.717, 1.165) is 6.20 Å². The molecule has 3 N–H and O–H groups in total. The average Bonchev–Trinajstić information content (AvgIpc) is 2.59. The topological polar surface area (TPSA) is 87.5 Å². The SMILES string of the molecule is CC.CC.CC1OCC(Nc2cncc(C(F)(F)F)n2)C(O)C1O. The lowest BCUT2D eigenvalue weighted by atomic mass is 9.99. The van der Waals surface area contributed by atoms with Crippen LogP contribution in [0, 0.1) is 0 Å². The fourth-order valence-electron chi connectivity index (χ4n) is 1.86. The number of ether oxygens (including phenoxy) is 1. The molecule has 140 valence electrons. The number of rotatable bonds is 2. The molecule has 4 atom stereocenters. The summed E-state index contributed by atoms with van der Waals surface area (Å²) in [6.45, 7) is 9.63. The van der Waals surface area contributed by atoms with E-state index >= 15 is 0 Å². The molecule has 1 aromatic rings. The van der Waals surface area contributed by atoms with Gasteiger partial charge in [-0.3, -0.25) is 4.98 Å². The van der Waals surface area contributed by atoms with Gasteiger partial charge in [-0.25, -0.2) is 4.98 Å². The minimum absolute atomic E-state index is 0.0390. The molecular formula is C15H26F3N3O3. The third kappa shape index (κ3) is 6.21. The molecule has 1 fully saturated rings. The van der Waals surface area contributed by atoms with Gasteiger partial charge in [-0.05, 0) is 6.92 Å². The maximum atomic E-state index is 12.5. The second kappa shape index (κ2) is 10.4. The average molecular weight is 353 g/mol. The van der Waals surface area contributed by atoms with Crippen molar-refractivity contribution < 1.29 is 28.1 Å². The van der Waals surface area contributed by atoms with Crippen LogP contribution in [0.1, 0.15) is 40.3 Å². The monoisotopic (exact) mass is 353 g/mol. The number of nitrogens with zero attached hydrogens (tertiary/aromatic N) is 2. The molecule has 2 rings (SSSR count). The van der Waals surface area contributed by atoms with E-state index in [1.54, 1.807) is 6.92 Å². The third-order valence-electron chi connectivity index (χ3n) is 3.04. The van der Waals surface area contributed by atoms with Crippen LogP contribution in [0.15, 0.2) is 12.4 Å². The van der Waals surface area contributed by atoms with Crippen LogP contribution in [0.2, 0.25) is 0 Å². The molecule has 0 saturated carbocycles. The molecule has 0 radical (unpaired) electrons. The molecule has 2 heterocycles. The number of aromatic nitrogens is 2. The van der Waals surface area contributed by atoms with Crippen molar-refractivity contribution in [2.24, 2.45) is 0 Å². The number of halogens is 3. The summed E-state index contributed by atoms with van der Waals surface area (Å²) in [5.41, 5.74) is -1.14. The zero-order valence-electron chi connectivity index (χ0n) is 14.5.